The highest BCUT2D eigenvalue weighted by atomic mass is 16.7. The average molecular weight is 246 g/mol. The van der Waals surface area contributed by atoms with Crippen molar-refractivity contribution >= 4 is 5.97 Å². The molecule has 3 aliphatic rings. The fraction of sp³-hybridized carbons (Fsp3) is 0.500. The Morgan fingerprint density at radius 1 is 1.17 bits per heavy atom. The fourth-order valence-electron chi connectivity index (χ4n) is 3.46. The Bertz CT molecular complexity index is 537. The van der Waals surface area contributed by atoms with Crippen LogP contribution < -0.4 is 9.47 Å². The number of esters is 1. The topological polar surface area (TPSA) is 44.8 Å². The molecule has 4 heteroatoms. The highest BCUT2D eigenvalue weighted by molar-refractivity contribution is 5.77. The first kappa shape index (κ1) is 10.2. The second-order valence-electron chi connectivity index (χ2n) is 5.31. The van der Waals surface area contributed by atoms with E-state index in [2.05, 4.69) is 13.0 Å². The van der Waals surface area contributed by atoms with E-state index in [-0.39, 0.29) is 17.8 Å². The molecule has 0 saturated carbocycles. The third kappa shape index (κ3) is 1.23. The second kappa shape index (κ2) is 3.40. The molecule has 94 valence electrons. The first-order chi connectivity index (χ1) is 8.74. The summed E-state index contributed by atoms with van der Waals surface area (Å²) in [5.41, 5.74) is 2.48. The van der Waals surface area contributed by atoms with Gasteiger partial charge in [0.15, 0.2) is 11.5 Å². The van der Waals surface area contributed by atoms with Gasteiger partial charge >= 0.3 is 5.97 Å². The molecule has 0 bridgehead atoms. The molecule has 0 unspecified atom stereocenters. The van der Waals surface area contributed by atoms with Crippen molar-refractivity contribution < 1.29 is 19.0 Å². The van der Waals surface area contributed by atoms with Crippen molar-refractivity contribution in [2.24, 2.45) is 11.8 Å². The molecule has 4 nitrogen and oxygen atoms in total. The Morgan fingerprint density at radius 3 is 2.78 bits per heavy atom. The van der Waals surface area contributed by atoms with Crippen LogP contribution in [0.25, 0.3) is 0 Å². The number of cyclic esters (lactones) is 1. The molecule has 4 rings (SSSR count). The van der Waals surface area contributed by atoms with E-state index >= 15 is 0 Å². The summed E-state index contributed by atoms with van der Waals surface area (Å²) >= 11 is 0. The van der Waals surface area contributed by atoms with Gasteiger partial charge in [0.1, 0.15) is 0 Å². The number of carbonyl (C=O) groups is 1. The van der Waals surface area contributed by atoms with E-state index in [1.165, 1.54) is 11.1 Å². The van der Waals surface area contributed by atoms with Gasteiger partial charge in [0.05, 0.1) is 12.5 Å². The molecule has 1 fully saturated rings. The van der Waals surface area contributed by atoms with Crippen molar-refractivity contribution in [3.63, 3.8) is 0 Å². The minimum Gasteiger partial charge on any atom is -0.465 e. The van der Waals surface area contributed by atoms with Crippen LogP contribution >= 0.6 is 0 Å². The van der Waals surface area contributed by atoms with Crippen LogP contribution in [0.1, 0.15) is 24.0 Å². The number of fused-ring (bicyclic) bond motifs is 3. The summed E-state index contributed by atoms with van der Waals surface area (Å²) in [6.45, 7) is 2.95. The molecule has 2 aliphatic heterocycles. The highest BCUT2D eigenvalue weighted by Gasteiger charge is 2.45. The van der Waals surface area contributed by atoms with Crippen LogP contribution in [0, 0.1) is 11.8 Å². The second-order valence-corrected chi connectivity index (χ2v) is 5.31. The van der Waals surface area contributed by atoms with Crippen molar-refractivity contribution in [3.8, 4) is 11.5 Å². The molecular formula is C14H14O4. The van der Waals surface area contributed by atoms with E-state index in [1.54, 1.807) is 0 Å². The minimum atomic E-state index is -0.0455. The Labute approximate surface area is 105 Å². The van der Waals surface area contributed by atoms with E-state index in [9.17, 15) is 4.79 Å². The summed E-state index contributed by atoms with van der Waals surface area (Å²) in [5, 5.41) is 0. The molecule has 18 heavy (non-hydrogen) atoms. The fourth-order valence-corrected chi connectivity index (χ4v) is 3.46. The lowest BCUT2D eigenvalue weighted by molar-refractivity contribution is -0.141. The number of benzene rings is 1. The summed E-state index contributed by atoms with van der Waals surface area (Å²) in [4.78, 5) is 11.8. The van der Waals surface area contributed by atoms with E-state index < -0.39 is 0 Å². The summed E-state index contributed by atoms with van der Waals surface area (Å²) in [7, 11) is 0. The van der Waals surface area contributed by atoms with Crippen LogP contribution in [0.5, 0.6) is 11.5 Å². The largest absolute Gasteiger partial charge is 0.465 e. The van der Waals surface area contributed by atoms with Crippen LogP contribution in [-0.4, -0.2) is 19.4 Å². The normalized spacial score (nSPS) is 31.8. The maximum atomic E-state index is 11.8. The van der Waals surface area contributed by atoms with E-state index in [4.69, 9.17) is 14.2 Å². The molecule has 0 spiro atoms. The summed E-state index contributed by atoms with van der Waals surface area (Å²) in [6.07, 6.45) is 0.896. The monoisotopic (exact) mass is 246 g/mol. The Balaban J connectivity index is 1.82. The first-order valence-corrected chi connectivity index (χ1v) is 6.33. The van der Waals surface area contributed by atoms with Gasteiger partial charge in [-0.25, -0.2) is 0 Å². The van der Waals surface area contributed by atoms with Crippen molar-refractivity contribution in [2.45, 2.75) is 19.3 Å². The van der Waals surface area contributed by atoms with Crippen molar-refractivity contribution in [3.05, 3.63) is 23.3 Å². The van der Waals surface area contributed by atoms with Crippen LogP contribution in [0.4, 0.5) is 0 Å². The zero-order valence-electron chi connectivity index (χ0n) is 10.1. The summed E-state index contributed by atoms with van der Waals surface area (Å²) < 4.78 is 16.0. The van der Waals surface area contributed by atoms with Gasteiger partial charge in [-0.3, -0.25) is 4.79 Å². The van der Waals surface area contributed by atoms with Crippen LogP contribution in [-0.2, 0) is 16.0 Å². The lowest BCUT2D eigenvalue weighted by Gasteiger charge is -2.30. The molecule has 1 saturated heterocycles. The van der Waals surface area contributed by atoms with E-state index in [1.807, 2.05) is 6.07 Å². The predicted molar refractivity (Wildman–Crippen MR) is 62.6 cm³/mol. The number of hydrogen-bond acceptors (Lipinski definition) is 4. The molecule has 0 amide bonds. The number of hydrogen-bond donors (Lipinski definition) is 0. The van der Waals surface area contributed by atoms with Crippen LogP contribution in [0.15, 0.2) is 12.1 Å². The third-order valence-electron chi connectivity index (χ3n) is 4.37. The molecule has 1 aromatic carbocycles. The lowest BCUT2D eigenvalue weighted by Crippen LogP contribution is -2.29. The first-order valence-electron chi connectivity index (χ1n) is 6.33. The molecule has 2 heterocycles. The molecule has 3 atom stereocenters. The van der Waals surface area contributed by atoms with Crippen molar-refractivity contribution in [1.82, 2.24) is 0 Å². The van der Waals surface area contributed by atoms with Gasteiger partial charge in [0, 0.05) is 5.92 Å². The van der Waals surface area contributed by atoms with Gasteiger partial charge in [-0.1, -0.05) is 6.92 Å². The molecule has 1 aromatic rings. The van der Waals surface area contributed by atoms with Crippen molar-refractivity contribution in [1.29, 1.82) is 0 Å². The van der Waals surface area contributed by atoms with Gasteiger partial charge < -0.3 is 14.2 Å². The SMILES string of the molecule is C[C@@H]1c2cc3c(cc2C[C@H]2COC(=O)[C@@H]21)OCO3. The number of ether oxygens (including phenoxy) is 3. The Kier molecular flexibility index (Phi) is 1.93. The number of carbonyl (C=O) groups excluding carboxylic acids is 1. The van der Waals surface area contributed by atoms with Crippen LogP contribution in [0.3, 0.4) is 0 Å². The Morgan fingerprint density at radius 2 is 1.94 bits per heavy atom. The zero-order valence-corrected chi connectivity index (χ0v) is 10.1. The molecule has 0 radical (unpaired) electrons. The van der Waals surface area contributed by atoms with Crippen molar-refractivity contribution in [2.75, 3.05) is 13.4 Å². The van der Waals surface area contributed by atoms with Gasteiger partial charge in [-0.15, -0.1) is 0 Å². The lowest BCUT2D eigenvalue weighted by atomic mass is 9.71. The molecular weight excluding hydrogens is 232 g/mol. The highest BCUT2D eigenvalue weighted by Crippen LogP contribution is 2.47. The van der Waals surface area contributed by atoms with Gasteiger partial charge in [0.25, 0.3) is 0 Å². The standard InChI is InChI=1S/C14H14O4/c1-7-10-4-12-11(17-6-18-12)3-8(10)2-9-5-16-14(15)13(7)9/h3-4,7,9,13H,2,5-6H2,1H3/t7-,9+,13-/m1/s1. The number of rotatable bonds is 0. The maximum Gasteiger partial charge on any atom is 0.309 e. The third-order valence-corrected chi connectivity index (χ3v) is 4.37. The molecule has 0 N–H and O–H groups in total. The smallest absolute Gasteiger partial charge is 0.309 e. The van der Waals surface area contributed by atoms with Gasteiger partial charge in [-0.05, 0) is 35.6 Å². The predicted octanol–water partition coefficient (Wildman–Crippen LogP) is 1.86. The van der Waals surface area contributed by atoms with E-state index in [0.717, 1.165) is 17.9 Å². The average Bonchev–Trinajstić information content (AvgIpc) is 2.94. The van der Waals surface area contributed by atoms with E-state index in [0.29, 0.717) is 19.3 Å². The van der Waals surface area contributed by atoms with Gasteiger partial charge in [0.2, 0.25) is 6.79 Å². The zero-order chi connectivity index (χ0) is 12.3. The summed E-state index contributed by atoms with van der Waals surface area (Å²) in [6, 6.07) is 4.09. The quantitative estimate of drug-likeness (QED) is 0.655. The van der Waals surface area contributed by atoms with Gasteiger partial charge in [-0.2, -0.15) is 0 Å². The molecule has 1 aliphatic carbocycles. The minimum absolute atomic E-state index is 0.0119. The molecule has 0 aromatic heterocycles. The summed E-state index contributed by atoms with van der Waals surface area (Å²) in [5.74, 6) is 2.10. The maximum absolute atomic E-state index is 11.8. The Hall–Kier alpha value is -1.71. The van der Waals surface area contributed by atoms with Crippen LogP contribution in [0.2, 0.25) is 0 Å².